The summed E-state index contributed by atoms with van der Waals surface area (Å²) in [7, 11) is 0. The summed E-state index contributed by atoms with van der Waals surface area (Å²) in [6.45, 7) is 0.594. The van der Waals surface area contributed by atoms with Crippen LogP contribution in [0.3, 0.4) is 0 Å². The summed E-state index contributed by atoms with van der Waals surface area (Å²) >= 11 is 0. The standard InChI is InChI=1S/C20H23N3O2/c21-14-16-6-8-17(9-7-16)23-19(25)20(11-12-20)18(24)22-13-10-15-4-2-1-3-5-15/h4,6-9H,1-3,5,10-13H2,(H,22,24)(H,23,25). The molecule has 0 atom stereocenters. The normalized spacial score (nSPS) is 17.8. The number of anilines is 1. The molecule has 0 spiro atoms. The van der Waals surface area contributed by atoms with Crippen LogP contribution in [-0.2, 0) is 9.59 Å². The molecule has 2 aliphatic carbocycles. The molecule has 1 aromatic rings. The average molecular weight is 337 g/mol. The minimum Gasteiger partial charge on any atom is -0.355 e. The van der Waals surface area contributed by atoms with Gasteiger partial charge in [0.15, 0.2) is 0 Å². The molecule has 2 N–H and O–H groups in total. The molecule has 0 radical (unpaired) electrons. The van der Waals surface area contributed by atoms with Gasteiger partial charge < -0.3 is 10.6 Å². The van der Waals surface area contributed by atoms with E-state index in [1.54, 1.807) is 24.3 Å². The SMILES string of the molecule is N#Cc1ccc(NC(=O)C2(C(=O)NCCC3=CCCCC3)CC2)cc1. The number of nitrogens with one attached hydrogen (secondary N) is 2. The van der Waals surface area contributed by atoms with Gasteiger partial charge in [-0.2, -0.15) is 5.26 Å². The van der Waals surface area contributed by atoms with Gasteiger partial charge in [0, 0.05) is 12.2 Å². The van der Waals surface area contributed by atoms with E-state index in [4.69, 9.17) is 5.26 Å². The third-order valence-corrected chi connectivity index (χ3v) is 5.01. The van der Waals surface area contributed by atoms with Gasteiger partial charge >= 0.3 is 0 Å². The van der Waals surface area contributed by atoms with E-state index in [2.05, 4.69) is 16.7 Å². The summed E-state index contributed by atoms with van der Waals surface area (Å²) in [5.74, 6) is -0.429. The van der Waals surface area contributed by atoms with Crippen LogP contribution in [0.4, 0.5) is 5.69 Å². The maximum atomic E-state index is 12.5. The van der Waals surface area contributed by atoms with Gasteiger partial charge in [-0.25, -0.2) is 0 Å². The first-order chi connectivity index (χ1) is 12.1. The second kappa shape index (κ2) is 7.52. The Morgan fingerprint density at radius 3 is 2.48 bits per heavy atom. The van der Waals surface area contributed by atoms with Crippen molar-refractivity contribution in [1.29, 1.82) is 5.26 Å². The largest absolute Gasteiger partial charge is 0.355 e. The lowest BCUT2D eigenvalue weighted by molar-refractivity contribution is -0.134. The average Bonchev–Trinajstić information content (AvgIpc) is 3.45. The van der Waals surface area contributed by atoms with Crippen LogP contribution in [0.2, 0.25) is 0 Å². The maximum absolute atomic E-state index is 12.5. The molecule has 0 heterocycles. The molecule has 2 amide bonds. The Labute approximate surface area is 148 Å². The number of hydrogen-bond acceptors (Lipinski definition) is 3. The number of carbonyl (C=O) groups excluding carboxylic acids is 2. The van der Waals surface area contributed by atoms with E-state index in [1.807, 2.05) is 6.07 Å². The fourth-order valence-corrected chi connectivity index (χ4v) is 3.20. The molecular weight excluding hydrogens is 314 g/mol. The molecule has 0 bridgehead atoms. The summed E-state index contributed by atoms with van der Waals surface area (Å²) in [4.78, 5) is 25.0. The minimum absolute atomic E-state index is 0.171. The quantitative estimate of drug-likeness (QED) is 0.617. The fourth-order valence-electron chi connectivity index (χ4n) is 3.20. The van der Waals surface area contributed by atoms with Crippen LogP contribution in [0.25, 0.3) is 0 Å². The van der Waals surface area contributed by atoms with E-state index in [-0.39, 0.29) is 11.8 Å². The Kier molecular flexibility index (Phi) is 5.18. The van der Waals surface area contributed by atoms with E-state index in [0.717, 1.165) is 19.3 Å². The van der Waals surface area contributed by atoms with Crippen molar-refractivity contribution in [3.63, 3.8) is 0 Å². The van der Waals surface area contributed by atoms with Crippen molar-refractivity contribution in [2.24, 2.45) is 5.41 Å². The Balaban J connectivity index is 1.51. The smallest absolute Gasteiger partial charge is 0.240 e. The van der Waals surface area contributed by atoms with E-state index in [0.29, 0.717) is 30.6 Å². The molecule has 25 heavy (non-hydrogen) atoms. The lowest BCUT2D eigenvalue weighted by atomic mass is 9.97. The highest BCUT2D eigenvalue weighted by Crippen LogP contribution is 2.46. The molecule has 3 rings (SSSR count). The van der Waals surface area contributed by atoms with Crippen LogP contribution in [0.15, 0.2) is 35.9 Å². The number of nitriles is 1. The molecule has 0 aliphatic heterocycles. The third kappa shape index (κ3) is 4.08. The zero-order chi connectivity index (χ0) is 17.7. The second-order valence-electron chi connectivity index (χ2n) is 6.84. The van der Waals surface area contributed by atoms with Crippen LogP contribution in [0.1, 0.15) is 50.5 Å². The number of hydrogen-bond donors (Lipinski definition) is 2. The van der Waals surface area contributed by atoms with Crippen LogP contribution >= 0.6 is 0 Å². The van der Waals surface area contributed by atoms with Crippen molar-refractivity contribution in [3.8, 4) is 6.07 Å². The second-order valence-corrected chi connectivity index (χ2v) is 6.84. The highest BCUT2D eigenvalue weighted by molar-refractivity contribution is 6.13. The zero-order valence-corrected chi connectivity index (χ0v) is 14.3. The first-order valence-electron chi connectivity index (χ1n) is 8.92. The van der Waals surface area contributed by atoms with Gasteiger partial charge in [0.1, 0.15) is 5.41 Å². The minimum atomic E-state index is -0.922. The number of allylic oxidation sites excluding steroid dienone is 1. The first-order valence-corrected chi connectivity index (χ1v) is 8.92. The number of carbonyl (C=O) groups is 2. The van der Waals surface area contributed by atoms with Crippen molar-refractivity contribution in [3.05, 3.63) is 41.5 Å². The first kappa shape index (κ1) is 17.2. The summed E-state index contributed by atoms with van der Waals surface area (Å²) < 4.78 is 0. The highest BCUT2D eigenvalue weighted by Gasteiger charge is 2.56. The van der Waals surface area contributed by atoms with E-state index in [1.165, 1.54) is 18.4 Å². The predicted molar refractivity (Wildman–Crippen MR) is 95.6 cm³/mol. The van der Waals surface area contributed by atoms with Crippen LogP contribution in [-0.4, -0.2) is 18.4 Å². The summed E-state index contributed by atoms with van der Waals surface area (Å²) in [5, 5.41) is 14.5. The van der Waals surface area contributed by atoms with Gasteiger partial charge in [-0.05, 0) is 69.2 Å². The van der Waals surface area contributed by atoms with Gasteiger partial charge in [-0.15, -0.1) is 0 Å². The van der Waals surface area contributed by atoms with Crippen molar-refractivity contribution in [2.75, 3.05) is 11.9 Å². The number of rotatable bonds is 6. The van der Waals surface area contributed by atoms with Gasteiger partial charge in [0.2, 0.25) is 11.8 Å². The van der Waals surface area contributed by atoms with E-state index in [9.17, 15) is 9.59 Å². The van der Waals surface area contributed by atoms with Crippen molar-refractivity contribution >= 4 is 17.5 Å². The van der Waals surface area contributed by atoms with Crippen LogP contribution < -0.4 is 10.6 Å². The van der Waals surface area contributed by atoms with Gasteiger partial charge in [-0.1, -0.05) is 11.6 Å². The number of nitrogens with zero attached hydrogens (tertiary/aromatic N) is 1. The maximum Gasteiger partial charge on any atom is 0.240 e. The molecule has 2 aliphatic rings. The lowest BCUT2D eigenvalue weighted by Crippen LogP contribution is -2.40. The third-order valence-electron chi connectivity index (χ3n) is 5.01. The molecule has 5 heteroatoms. The van der Waals surface area contributed by atoms with E-state index >= 15 is 0 Å². The lowest BCUT2D eigenvalue weighted by Gasteiger charge is -2.17. The van der Waals surface area contributed by atoms with Gasteiger partial charge in [0.05, 0.1) is 11.6 Å². The van der Waals surface area contributed by atoms with Crippen molar-refractivity contribution < 1.29 is 9.59 Å². The fraction of sp³-hybridized carbons (Fsp3) is 0.450. The molecule has 1 saturated carbocycles. The van der Waals surface area contributed by atoms with Gasteiger partial charge in [0.25, 0.3) is 0 Å². The molecule has 0 saturated heterocycles. The summed E-state index contributed by atoms with van der Waals surface area (Å²) in [6.07, 6.45) is 9.08. The monoisotopic (exact) mass is 337 g/mol. The van der Waals surface area contributed by atoms with Gasteiger partial charge in [-0.3, -0.25) is 9.59 Å². The highest BCUT2D eigenvalue weighted by atomic mass is 16.2. The Hall–Kier alpha value is -2.61. The molecule has 0 aromatic heterocycles. The molecule has 130 valence electrons. The molecule has 1 fully saturated rings. The molecule has 1 aromatic carbocycles. The number of amides is 2. The Morgan fingerprint density at radius 1 is 1.12 bits per heavy atom. The topological polar surface area (TPSA) is 82.0 Å². The van der Waals surface area contributed by atoms with Crippen LogP contribution in [0, 0.1) is 16.7 Å². The van der Waals surface area contributed by atoms with Crippen molar-refractivity contribution in [1.82, 2.24) is 5.32 Å². The van der Waals surface area contributed by atoms with Crippen LogP contribution in [0.5, 0.6) is 0 Å². The number of benzene rings is 1. The van der Waals surface area contributed by atoms with Crippen molar-refractivity contribution in [2.45, 2.75) is 44.9 Å². The zero-order valence-electron chi connectivity index (χ0n) is 14.3. The molecule has 0 unspecified atom stereocenters. The molecule has 5 nitrogen and oxygen atoms in total. The molecular formula is C20H23N3O2. The van der Waals surface area contributed by atoms with E-state index < -0.39 is 5.41 Å². The Morgan fingerprint density at radius 2 is 1.88 bits per heavy atom. The summed E-state index contributed by atoms with van der Waals surface area (Å²) in [5.41, 5.74) is 1.64. The summed E-state index contributed by atoms with van der Waals surface area (Å²) in [6, 6.07) is 8.69. The predicted octanol–water partition coefficient (Wildman–Crippen LogP) is 3.28. The Bertz CT molecular complexity index is 724.